The molecule has 0 saturated carbocycles. The summed E-state index contributed by atoms with van der Waals surface area (Å²) in [7, 11) is -4.93. The topological polar surface area (TPSA) is 46.5 Å². The Morgan fingerprint density at radius 3 is 2.62 bits per heavy atom. The van der Waals surface area contributed by atoms with Crippen LogP contribution in [0, 0.1) is 5.92 Å². The first-order chi connectivity index (χ1) is 9.72. The smallest absolute Gasteiger partial charge is 0.420 e. The van der Waals surface area contributed by atoms with Crippen LogP contribution < -0.4 is 4.52 Å². The third kappa shape index (κ3) is 6.68. The molecule has 0 bridgehead atoms. The van der Waals surface area contributed by atoms with Crippen molar-refractivity contribution in [2.75, 3.05) is 5.75 Å². The Bertz CT molecular complexity index is 514. The number of hydrogen-bond acceptors (Lipinski definition) is 3. The molecule has 0 heterocycles. The molecule has 0 radical (unpaired) electrons. The normalized spacial score (nSPS) is 14.5. The van der Waals surface area contributed by atoms with Crippen molar-refractivity contribution >= 4 is 35.3 Å². The fourth-order valence-electron chi connectivity index (χ4n) is 1.40. The Morgan fingerprint density at radius 2 is 2.10 bits per heavy atom. The van der Waals surface area contributed by atoms with Gasteiger partial charge in [-0.25, -0.2) is 4.57 Å². The summed E-state index contributed by atoms with van der Waals surface area (Å²) in [6.45, 7) is 4.33. The number of halogens is 3. The average molecular weight is 403 g/mol. The maximum absolute atomic E-state index is 12.3. The SMILES string of the molecule is CC(C)CCSCc1ccc(OP(=O)(O)C(F)F)c(Br)c1. The van der Waals surface area contributed by atoms with E-state index < -0.39 is 13.8 Å². The molecule has 1 aromatic carbocycles. The maximum Gasteiger partial charge on any atom is 0.442 e. The second-order valence-electron chi connectivity index (χ2n) is 4.93. The van der Waals surface area contributed by atoms with E-state index in [0.717, 1.165) is 23.5 Å². The Hall–Kier alpha value is -0.100. The minimum absolute atomic E-state index is 0.0583. The first kappa shape index (κ1) is 18.9. The Labute approximate surface area is 136 Å². The fourth-order valence-corrected chi connectivity index (χ4v) is 3.75. The van der Waals surface area contributed by atoms with E-state index in [1.807, 2.05) is 0 Å². The minimum Gasteiger partial charge on any atom is -0.420 e. The van der Waals surface area contributed by atoms with E-state index in [2.05, 4.69) is 34.3 Å². The molecule has 0 aliphatic carbocycles. The van der Waals surface area contributed by atoms with E-state index in [1.54, 1.807) is 23.9 Å². The predicted molar refractivity (Wildman–Crippen MR) is 86.2 cm³/mol. The number of rotatable bonds is 8. The van der Waals surface area contributed by atoms with Crippen molar-refractivity contribution in [1.29, 1.82) is 0 Å². The highest BCUT2D eigenvalue weighted by Gasteiger charge is 2.34. The van der Waals surface area contributed by atoms with Crippen LogP contribution in [0.5, 0.6) is 5.75 Å². The van der Waals surface area contributed by atoms with Gasteiger partial charge in [0.25, 0.3) is 0 Å². The molecule has 0 aromatic heterocycles. The lowest BCUT2D eigenvalue weighted by Gasteiger charge is -2.14. The second-order valence-corrected chi connectivity index (χ2v) is 8.59. The fraction of sp³-hybridized carbons (Fsp3) is 0.538. The highest BCUT2D eigenvalue weighted by Crippen LogP contribution is 2.50. The van der Waals surface area contributed by atoms with Crippen molar-refractivity contribution in [3.05, 3.63) is 28.2 Å². The largest absolute Gasteiger partial charge is 0.442 e. The standard InChI is InChI=1S/C13H18BrF2O3PS/c1-9(2)5-6-21-8-10-3-4-12(11(14)7-10)19-20(17,18)13(15)16/h3-4,7,9,13H,5-6,8H2,1-2H3,(H,17,18). The first-order valence-corrected chi connectivity index (χ1v) is 9.98. The highest BCUT2D eigenvalue weighted by atomic mass is 79.9. The van der Waals surface area contributed by atoms with Gasteiger partial charge < -0.3 is 9.42 Å². The van der Waals surface area contributed by atoms with Gasteiger partial charge in [0.1, 0.15) is 5.75 Å². The molecular weight excluding hydrogens is 385 g/mol. The van der Waals surface area contributed by atoms with Crippen molar-refractivity contribution < 1.29 is 22.8 Å². The summed E-state index contributed by atoms with van der Waals surface area (Å²) >= 11 is 4.95. The maximum atomic E-state index is 12.3. The molecule has 1 N–H and O–H groups in total. The summed E-state index contributed by atoms with van der Waals surface area (Å²) in [4.78, 5) is 9.02. The van der Waals surface area contributed by atoms with Crippen LogP contribution in [-0.2, 0) is 10.3 Å². The minimum atomic E-state index is -4.93. The molecule has 0 aliphatic heterocycles. The quantitative estimate of drug-likeness (QED) is 0.459. The van der Waals surface area contributed by atoms with Gasteiger partial charge in [-0.1, -0.05) is 19.9 Å². The highest BCUT2D eigenvalue weighted by molar-refractivity contribution is 9.10. The van der Waals surface area contributed by atoms with Crippen LogP contribution in [0.1, 0.15) is 25.8 Å². The molecule has 3 nitrogen and oxygen atoms in total. The molecule has 0 saturated heterocycles. The third-order valence-corrected chi connectivity index (χ3v) is 5.21. The Balaban J connectivity index is 2.62. The van der Waals surface area contributed by atoms with E-state index in [1.165, 1.54) is 6.07 Å². The molecule has 1 rings (SSSR count). The van der Waals surface area contributed by atoms with Gasteiger partial charge >= 0.3 is 13.8 Å². The molecule has 1 aromatic rings. The Morgan fingerprint density at radius 1 is 1.43 bits per heavy atom. The van der Waals surface area contributed by atoms with Crippen LogP contribution in [0.15, 0.2) is 22.7 Å². The van der Waals surface area contributed by atoms with Gasteiger partial charge in [-0.2, -0.15) is 20.5 Å². The number of hydrogen-bond donors (Lipinski definition) is 1. The zero-order valence-corrected chi connectivity index (χ0v) is 15.1. The van der Waals surface area contributed by atoms with Crippen molar-refractivity contribution in [3.63, 3.8) is 0 Å². The van der Waals surface area contributed by atoms with Gasteiger partial charge in [0.05, 0.1) is 4.47 Å². The van der Waals surface area contributed by atoms with E-state index in [9.17, 15) is 13.3 Å². The van der Waals surface area contributed by atoms with Crippen molar-refractivity contribution in [3.8, 4) is 5.75 Å². The van der Waals surface area contributed by atoms with Crippen LogP contribution in [0.25, 0.3) is 0 Å². The lowest BCUT2D eigenvalue weighted by molar-refractivity contribution is 0.188. The van der Waals surface area contributed by atoms with Gasteiger partial charge in [0.2, 0.25) is 0 Å². The van der Waals surface area contributed by atoms with Crippen LogP contribution >= 0.6 is 35.3 Å². The summed E-state index contributed by atoms with van der Waals surface area (Å²) in [5.74, 6) is 2.44. The van der Waals surface area contributed by atoms with Crippen LogP contribution in [0.4, 0.5) is 8.78 Å². The molecular formula is C13H18BrF2O3PS. The summed E-state index contributed by atoms with van der Waals surface area (Å²) in [6.07, 6.45) is -2.29. The number of thioether (sulfide) groups is 1. The molecule has 0 aliphatic rings. The molecule has 0 spiro atoms. The summed E-state index contributed by atoms with van der Waals surface area (Å²) in [5.41, 5.74) is 0.993. The summed E-state index contributed by atoms with van der Waals surface area (Å²) in [6, 6.07) is 4.84. The van der Waals surface area contributed by atoms with E-state index in [4.69, 9.17) is 4.89 Å². The van der Waals surface area contributed by atoms with E-state index in [-0.39, 0.29) is 5.75 Å². The van der Waals surface area contributed by atoms with Gasteiger partial charge in [-0.15, -0.1) is 0 Å². The summed E-state index contributed by atoms with van der Waals surface area (Å²) in [5, 5.41) is 0. The molecule has 1 atom stereocenters. The van der Waals surface area contributed by atoms with E-state index in [0.29, 0.717) is 10.4 Å². The van der Waals surface area contributed by atoms with Gasteiger partial charge in [0.15, 0.2) is 0 Å². The first-order valence-electron chi connectivity index (χ1n) is 6.38. The zero-order valence-electron chi connectivity index (χ0n) is 11.8. The van der Waals surface area contributed by atoms with Crippen LogP contribution in [0.3, 0.4) is 0 Å². The van der Waals surface area contributed by atoms with Gasteiger partial charge in [-0.05, 0) is 51.7 Å². The number of benzene rings is 1. The lowest BCUT2D eigenvalue weighted by atomic mass is 10.2. The molecule has 8 heteroatoms. The van der Waals surface area contributed by atoms with Crippen LogP contribution in [0.2, 0.25) is 0 Å². The lowest BCUT2D eigenvalue weighted by Crippen LogP contribution is -2.01. The third-order valence-electron chi connectivity index (χ3n) is 2.58. The van der Waals surface area contributed by atoms with E-state index >= 15 is 0 Å². The van der Waals surface area contributed by atoms with Crippen molar-refractivity contribution in [2.24, 2.45) is 5.92 Å². The Kier molecular flexibility index (Phi) is 7.68. The molecule has 120 valence electrons. The molecule has 0 fully saturated rings. The molecule has 1 unspecified atom stereocenters. The van der Waals surface area contributed by atoms with Gasteiger partial charge in [-0.3, -0.25) is 0 Å². The summed E-state index contributed by atoms with van der Waals surface area (Å²) < 4.78 is 40.7. The molecule has 21 heavy (non-hydrogen) atoms. The predicted octanol–water partition coefficient (Wildman–Crippen LogP) is 5.52. The zero-order chi connectivity index (χ0) is 16.0. The van der Waals surface area contributed by atoms with Crippen LogP contribution in [-0.4, -0.2) is 16.8 Å². The van der Waals surface area contributed by atoms with Crippen molar-refractivity contribution in [1.82, 2.24) is 0 Å². The number of alkyl halides is 2. The van der Waals surface area contributed by atoms with Gasteiger partial charge in [0, 0.05) is 5.75 Å². The second kappa shape index (κ2) is 8.51. The van der Waals surface area contributed by atoms with Crippen molar-refractivity contribution in [2.45, 2.75) is 32.2 Å². The molecule has 0 amide bonds. The monoisotopic (exact) mass is 402 g/mol. The average Bonchev–Trinajstić information content (AvgIpc) is 2.37.